The predicted molar refractivity (Wildman–Crippen MR) is 120 cm³/mol. The van der Waals surface area contributed by atoms with Gasteiger partial charge >= 0.3 is 0 Å². The molecule has 0 aliphatic carbocycles. The lowest BCUT2D eigenvalue weighted by molar-refractivity contribution is -0.121. The summed E-state index contributed by atoms with van der Waals surface area (Å²) in [5.74, 6) is -0.225. The highest BCUT2D eigenvalue weighted by Gasteiger charge is 2.14. The van der Waals surface area contributed by atoms with E-state index in [1.54, 1.807) is 0 Å². The maximum atomic E-state index is 12.2. The minimum absolute atomic E-state index is 0.0436. The number of rotatable bonds is 10. The number of carbonyl (C=O) groups excluding carboxylic acids is 2. The van der Waals surface area contributed by atoms with Gasteiger partial charge in [-0.05, 0) is 43.9 Å². The van der Waals surface area contributed by atoms with Crippen LogP contribution in [-0.4, -0.2) is 28.1 Å². The average molecular weight is 423 g/mol. The molecule has 0 aliphatic rings. The third kappa shape index (κ3) is 7.08. The Bertz CT molecular complexity index is 944. The fraction of sp³-hybridized carbons (Fsp3) is 0.304. The molecule has 7 heteroatoms. The molecule has 1 atom stereocenters. The summed E-state index contributed by atoms with van der Waals surface area (Å²) in [6, 6.07) is 19.6. The van der Waals surface area contributed by atoms with Crippen LogP contribution in [0.5, 0.6) is 0 Å². The molecule has 30 heavy (non-hydrogen) atoms. The van der Waals surface area contributed by atoms with E-state index in [0.717, 1.165) is 23.5 Å². The van der Waals surface area contributed by atoms with Gasteiger partial charge in [-0.25, -0.2) is 0 Å². The van der Waals surface area contributed by atoms with Crippen LogP contribution in [0, 0.1) is 0 Å². The molecule has 2 aromatic carbocycles. The Morgan fingerprint density at radius 2 is 1.67 bits per heavy atom. The van der Waals surface area contributed by atoms with Crippen LogP contribution in [0.1, 0.15) is 46.6 Å². The van der Waals surface area contributed by atoms with Gasteiger partial charge in [0.15, 0.2) is 0 Å². The van der Waals surface area contributed by atoms with Crippen molar-refractivity contribution >= 4 is 28.8 Å². The summed E-state index contributed by atoms with van der Waals surface area (Å²) < 4.78 is 0. The highest BCUT2D eigenvalue weighted by molar-refractivity contribution is 7.13. The lowest BCUT2D eigenvalue weighted by Crippen LogP contribution is -2.32. The van der Waals surface area contributed by atoms with Gasteiger partial charge in [-0.15, -0.1) is 10.2 Å². The molecule has 1 unspecified atom stereocenters. The van der Waals surface area contributed by atoms with E-state index >= 15 is 0 Å². The summed E-state index contributed by atoms with van der Waals surface area (Å²) in [4.78, 5) is 24.4. The van der Waals surface area contributed by atoms with Gasteiger partial charge in [0.1, 0.15) is 5.01 Å². The number of para-hydroxylation sites is 1. The van der Waals surface area contributed by atoms with E-state index in [1.165, 1.54) is 16.9 Å². The predicted octanol–water partition coefficient (Wildman–Crippen LogP) is 4.25. The largest absolute Gasteiger partial charge is 0.354 e. The van der Waals surface area contributed by atoms with Crippen LogP contribution in [0.2, 0.25) is 0 Å². The van der Waals surface area contributed by atoms with Crippen LogP contribution in [0.3, 0.4) is 0 Å². The molecule has 1 heterocycles. The Hall–Kier alpha value is -3.06. The highest BCUT2D eigenvalue weighted by atomic mass is 32.1. The van der Waals surface area contributed by atoms with Crippen molar-refractivity contribution in [3.05, 3.63) is 76.2 Å². The van der Waals surface area contributed by atoms with Crippen LogP contribution in [0.4, 0.5) is 5.69 Å². The lowest BCUT2D eigenvalue weighted by atomic mass is 10.1. The maximum absolute atomic E-state index is 12.2. The zero-order chi connectivity index (χ0) is 21.2. The van der Waals surface area contributed by atoms with Crippen molar-refractivity contribution in [1.29, 1.82) is 0 Å². The number of aromatic nitrogens is 2. The van der Waals surface area contributed by atoms with Gasteiger partial charge in [0.2, 0.25) is 10.9 Å². The minimum atomic E-state index is -0.269. The third-order valence-corrected chi connectivity index (χ3v) is 5.59. The van der Waals surface area contributed by atoms with Crippen LogP contribution >= 0.6 is 11.3 Å². The maximum Gasteiger partial charge on any atom is 0.286 e. The molecular formula is C23H26N4O2S. The van der Waals surface area contributed by atoms with Crippen LogP contribution in [0.25, 0.3) is 0 Å². The van der Waals surface area contributed by atoms with E-state index in [9.17, 15) is 9.59 Å². The quantitative estimate of drug-likeness (QED) is 0.512. The number of nitrogens with zero attached hydrogens (tertiary/aromatic N) is 2. The summed E-state index contributed by atoms with van der Waals surface area (Å²) in [7, 11) is 0. The van der Waals surface area contributed by atoms with Gasteiger partial charge in [-0.1, -0.05) is 59.9 Å². The number of aryl methyl sites for hydroxylation is 2. The summed E-state index contributed by atoms with van der Waals surface area (Å²) in [5.41, 5.74) is 2.00. The topological polar surface area (TPSA) is 84.0 Å². The van der Waals surface area contributed by atoms with Crippen LogP contribution in [-0.2, 0) is 17.6 Å². The smallest absolute Gasteiger partial charge is 0.286 e. The van der Waals surface area contributed by atoms with Crippen molar-refractivity contribution in [3.63, 3.8) is 0 Å². The van der Waals surface area contributed by atoms with Crippen molar-refractivity contribution in [2.45, 2.75) is 45.1 Å². The SMILES string of the molecule is CC(CCc1ccccc1)NC(=O)CCCc1nnc(C(=O)Nc2ccccc2)s1. The summed E-state index contributed by atoms with van der Waals surface area (Å²) in [5, 5.41) is 15.0. The second-order valence-electron chi connectivity index (χ2n) is 7.17. The Labute approximate surface area is 180 Å². The molecule has 6 nitrogen and oxygen atoms in total. The highest BCUT2D eigenvalue weighted by Crippen LogP contribution is 2.15. The molecular weight excluding hydrogens is 396 g/mol. The molecule has 0 saturated carbocycles. The van der Waals surface area contributed by atoms with Crippen molar-refractivity contribution < 1.29 is 9.59 Å². The molecule has 0 aliphatic heterocycles. The Kier molecular flexibility index (Phi) is 8.09. The first-order valence-corrected chi connectivity index (χ1v) is 10.9. The fourth-order valence-electron chi connectivity index (χ4n) is 3.00. The molecule has 3 aromatic rings. The number of hydrogen-bond donors (Lipinski definition) is 2. The Morgan fingerprint density at radius 1 is 0.967 bits per heavy atom. The first kappa shape index (κ1) is 21.6. The number of nitrogens with one attached hydrogen (secondary N) is 2. The third-order valence-electron chi connectivity index (χ3n) is 4.60. The zero-order valence-electron chi connectivity index (χ0n) is 17.0. The Morgan fingerprint density at radius 3 is 2.40 bits per heavy atom. The van der Waals surface area contributed by atoms with Gasteiger partial charge in [0, 0.05) is 24.6 Å². The number of carbonyl (C=O) groups is 2. The van der Waals surface area contributed by atoms with Gasteiger partial charge in [0.25, 0.3) is 5.91 Å². The molecule has 0 saturated heterocycles. The molecule has 3 rings (SSSR count). The van der Waals surface area contributed by atoms with Gasteiger partial charge in [-0.2, -0.15) is 0 Å². The van der Waals surface area contributed by atoms with Crippen molar-refractivity contribution in [2.75, 3.05) is 5.32 Å². The summed E-state index contributed by atoms with van der Waals surface area (Å²) >= 11 is 1.27. The van der Waals surface area contributed by atoms with Crippen molar-refractivity contribution in [2.24, 2.45) is 0 Å². The molecule has 0 radical (unpaired) electrons. The van der Waals surface area contributed by atoms with E-state index in [0.29, 0.717) is 24.3 Å². The molecule has 0 fully saturated rings. The molecule has 0 spiro atoms. The molecule has 0 bridgehead atoms. The second kappa shape index (κ2) is 11.2. The number of anilines is 1. The van der Waals surface area contributed by atoms with Crippen LogP contribution in [0.15, 0.2) is 60.7 Å². The summed E-state index contributed by atoms with van der Waals surface area (Å²) in [6.45, 7) is 2.03. The average Bonchev–Trinajstić information content (AvgIpc) is 3.23. The number of hydrogen-bond acceptors (Lipinski definition) is 5. The Balaban J connectivity index is 1.35. The lowest BCUT2D eigenvalue weighted by Gasteiger charge is -2.13. The monoisotopic (exact) mass is 422 g/mol. The minimum Gasteiger partial charge on any atom is -0.354 e. The first-order chi connectivity index (χ1) is 14.6. The number of amides is 2. The number of benzene rings is 2. The fourth-order valence-corrected chi connectivity index (χ4v) is 3.78. The van der Waals surface area contributed by atoms with E-state index in [1.807, 2.05) is 55.5 Å². The molecule has 2 N–H and O–H groups in total. The molecule has 156 valence electrons. The van der Waals surface area contributed by atoms with E-state index in [2.05, 4.69) is 33.0 Å². The van der Waals surface area contributed by atoms with E-state index in [-0.39, 0.29) is 17.9 Å². The normalized spacial score (nSPS) is 11.6. The first-order valence-electron chi connectivity index (χ1n) is 10.1. The molecule has 2 amide bonds. The molecule has 1 aromatic heterocycles. The van der Waals surface area contributed by atoms with Gasteiger partial charge < -0.3 is 10.6 Å². The summed E-state index contributed by atoms with van der Waals surface area (Å²) in [6.07, 6.45) is 3.59. The van der Waals surface area contributed by atoms with Gasteiger partial charge in [-0.3, -0.25) is 9.59 Å². The zero-order valence-corrected chi connectivity index (χ0v) is 17.8. The van der Waals surface area contributed by atoms with E-state index in [4.69, 9.17) is 0 Å². The van der Waals surface area contributed by atoms with Crippen molar-refractivity contribution in [3.8, 4) is 0 Å². The van der Waals surface area contributed by atoms with Crippen LogP contribution < -0.4 is 10.6 Å². The second-order valence-corrected chi connectivity index (χ2v) is 8.23. The van der Waals surface area contributed by atoms with E-state index < -0.39 is 0 Å². The van der Waals surface area contributed by atoms with Crippen molar-refractivity contribution in [1.82, 2.24) is 15.5 Å². The standard InChI is InChI=1S/C23H26N4O2S/c1-17(15-16-18-9-4-2-5-10-18)24-20(28)13-8-14-21-26-27-23(30-21)22(29)25-19-11-6-3-7-12-19/h2-7,9-12,17H,8,13-16H2,1H3,(H,24,28)(H,25,29). The van der Waals surface area contributed by atoms with Gasteiger partial charge in [0.05, 0.1) is 0 Å².